The lowest BCUT2D eigenvalue weighted by Gasteiger charge is -2.05. The van der Waals surface area contributed by atoms with Crippen LogP contribution < -0.4 is 0 Å². The van der Waals surface area contributed by atoms with Gasteiger partial charge in [0.15, 0.2) is 0 Å². The molecule has 0 saturated heterocycles. The van der Waals surface area contributed by atoms with Gasteiger partial charge in [-0.15, -0.1) is 0 Å². The van der Waals surface area contributed by atoms with Crippen LogP contribution in [0.1, 0.15) is 10.5 Å². The van der Waals surface area contributed by atoms with E-state index in [1.54, 1.807) is 24.3 Å². The van der Waals surface area contributed by atoms with Crippen LogP contribution in [-0.4, -0.2) is 26.8 Å². The Labute approximate surface area is 123 Å². The number of rotatable bonds is 2. The van der Waals surface area contributed by atoms with Crippen LogP contribution in [0.25, 0.3) is 22.0 Å². The number of fused-ring (bicyclic) bond motifs is 1. The summed E-state index contributed by atoms with van der Waals surface area (Å²) in [6, 6.07) is 12.0. The summed E-state index contributed by atoms with van der Waals surface area (Å²) in [5, 5.41) is 19.2. The van der Waals surface area contributed by atoms with E-state index in [-0.39, 0.29) is 16.6 Å². The first-order valence-electron chi connectivity index (χ1n) is 6.37. The average Bonchev–Trinajstić information content (AvgIpc) is 2.83. The highest BCUT2D eigenvalue weighted by Gasteiger charge is 2.27. The van der Waals surface area contributed by atoms with Crippen molar-refractivity contribution in [2.24, 2.45) is 0 Å². The molecular weight excluding hydrogens is 289 g/mol. The molecule has 0 aliphatic rings. The van der Waals surface area contributed by atoms with Crippen molar-refractivity contribution in [1.29, 1.82) is 0 Å². The van der Waals surface area contributed by atoms with Crippen molar-refractivity contribution < 1.29 is 24.2 Å². The Morgan fingerprint density at radius 1 is 0.955 bits per heavy atom. The second kappa shape index (κ2) is 5.00. The lowest BCUT2D eigenvalue weighted by molar-refractivity contribution is 0.0685. The number of para-hydroxylation sites is 1. The van der Waals surface area contributed by atoms with Gasteiger partial charge in [0.05, 0.1) is 5.52 Å². The van der Waals surface area contributed by atoms with Gasteiger partial charge in [-0.05, 0) is 12.1 Å². The van der Waals surface area contributed by atoms with Crippen molar-refractivity contribution in [3.8, 4) is 11.1 Å². The summed E-state index contributed by atoms with van der Waals surface area (Å²) in [6.45, 7) is 0. The van der Waals surface area contributed by atoms with Crippen LogP contribution in [0.15, 0.2) is 48.5 Å². The zero-order valence-corrected chi connectivity index (χ0v) is 11.2. The summed E-state index contributed by atoms with van der Waals surface area (Å²) in [4.78, 5) is 23.1. The highest BCUT2D eigenvalue weighted by molar-refractivity contribution is 6.11. The fourth-order valence-corrected chi connectivity index (χ4v) is 2.58. The van der Waals surface area contributed by atoms with Gasteiger partial charge in [0.25, 0.3) is 0 Å². The zero-order valence-electron chi connectivity index (χ0n) is 11.2. The number of carboxylic acid groups (broad SMARTS) is 2. The number of nitrogens with zero attached hydrogens (tertiary/aromatic N) is 1. The Kier molecular flexibility index (Phi) is 3.14. The molecule has 2 N–H and O–H groups in total. The number of benzene rings is 2. The van der Waals surface area contributed by atoms with E-state index in [1.165, 1.54) is 24.3 Å². The fraction of sp³-hybridized carbons (Fsp3) is 0. The van der Waals surface area contributed by atoms with Crippen molar-refractivity contribution in [2.45, 2.75) is 0 Å². The van der Waals surface area contributed by atoms with Gasteiger partial charge in [-0.25, -0.2) is 18.5 Å². The normalized spacial score (nSPS) is 10.8. The molecule has 1 heterocycles. The molecule has 6 heteroatoms. The Balaban J connectivity index is 2.54. The maximum Gasteiger partial charge on any atom is 0.416 e. The summed E-state index contributed by atoms with van der Waals surface area (Å²) >= 11 is 0. The van der Waals surface area contributed by atoms with Crippen molar-refractivity contribution in [2.75, 3.05) is 0 Å². The van der Waals surface area contributed by atoms with E-state index < -0.39 is 23.6 Å². The Hall–Kier alpha value is -3.15. The summed E-state index contributed by atoms with van der Waals surface area (Å²) in [7, 11) is 0. The molecule has 0 saturated carbocycles. The SMILES string of the molecule is O=C(O)c1c(-c2ccccc2F)c2ccccc2n1C(=O)O. The van der Waals surface area contributed by atoms with Crippen LogP contribution in [-0.2, 0) is 0 Å². The van der Waals surface area contributed by atoms with Crippen molar-refractivity contribution in [3.05, 3.63) is 60.0 Å². The molecule has 2 aromatic carbocycles. The van der Waals surface area contributed by atoms with Crippen LogP contribution in [0, 0.1) is 5.82 Å². The molecule has 0 spiro atoms. The zero-order chi connectivity index (χ0) is 15.9. The third-order valence-corrected chi connectivity index (χ3v) is 3.41. The number of halogens is 1. The van der Waals surface area contributed by atoms with Crippen LogP contribution in [0.4, 0.5) is 9.18 Å². The van der Waals surface area contributed by atoms with E-state index >= 15 is 0 Å². The van der Waals surface area contributed by atoms with E-state index in [0.29, 0.717) is 9.95 Å². The fourth-order valence-electron chi connectivity index (χ4n) is 2.58. The molecule has 3 rings (SSSR count). The topological polar surface area (TPSA) is 79.5 Å². The molecule has 1 aromatic heterocycles. The monoisotopic (exact) mass is 299 g/mol. The molecule has 5 nitrogen and oxygen atoms in total. The minimum atomic E-state index is -1.43. The van der Waals surface area contributed by atoms with Crippen molar-refractivity contribution in [1.82, 2.24) is 4.57 Å². The Morgan fingerprint density at radius 3 is 2.23 bits per heavy atom. The van der Waals surface area contributed by atoms with Crippen LogP contribution >= 0.6 is 0 Å². The van der Waals surface area contributed by atoms with Gasteiger partial charge < -0.3 is 10.2 Å². The highest BCUT2D eigenvalue weighted by Crippen LogP contribution is 2.36. The number of carboxylic acids is 1. The second-order valence-corrected chi connectivity index (χ2v) is 4.64. The van der Waals surface area contributed by atoms with E-state index in [1.807, 2.05) is 0 Å². The minimum Gasteiger partial charge on any atom is -0.477 e. The molecule has 0 radical (unpaired) electrons. The van der Waals surface area contributed by atoms with Crippen LogP contribution in [0.5, 0.6) is 0 Å². The number of carbonyl (C=O) groups is 2. The molecule has 3 aromatic rings. The van der Waals surface area contributed by atoms with Crippen LogP contribution in [0.2, 0.25) is 0 Å². The quantitative estimate of drug-likeness (QED) is 0.756. The van der Waals surface area contributed by atoms with Gasteiger partial charge in [0.2, 0.25) is 0 Å². The van der Waals surface area contributed by atoms with E-state index in [0.717, 1.165) is 0 Å². The minimum absolute atomic E-state index is 0.0519. The summed E-state index contributed by atoms with van der Waals surface area (Å²) < 4.78 is 14.8. The van der Waals surface area contributed by atoms with Gasteiger partial charge in [-0.2, -0.15) is 0 Å². The summed E-state index contributed by atoms with van der Waals surface area (Å²) in [5.74, 6) is -2.05. The third kappa shape index (κ3) is 1.93. The lowest BCUT2D eigenvalue weighted by atomic mass is 10.0. The molecule has 0 aliphatic carbocycles. The summed E-state index contributed by atoms with van der Waals surface area (Å²) in [6.07, 6.45) is -1.43. The number of aromatic carboxylic acids is 1. The van der Waals surface area contributed by atoms with Crippen LogP contribution in [0.3, 0.4) is 0 Å². The summed E-state index contributed by atoms with van der Waals surface area (Å²) in [5.41, 5.74) is -0.163. The molecule has 0 atom stereocenters. The molecule has 0 amide bonds. The van der Waals surface area contributed by atoms with Gasteiger partial charge in [-0.1, -0.05) is 36.4 Å². The van der Waals surface area contributed by atoms with Crippen molar-refractivity contribution in [3.63, 3.8) is 0 Å². The smallest absolute Gasteiger partial charge is 0.416 e. The number of hydrogen-bond acceptors (Lipinski definition) is 2. The first kappa shape index (κ1) is 13.8. The molecule has 110 valence electrons. The second-order valence-electron chi connectivity index (χ2n) is 4.64. The molecule has 0 unspecified atom stereocenters. The molecule has 0 aliphatic heterocycles. The van der Waals surface area contributed by atoms with E-state index in [2.05, 4.69) is 0 Å². The lowest BCUT2D eigenvalue weighted by Crippen LogP contribution is -2.15. The predicted octanol–water partition coefficient (Wildman–Crippen LogP) is 3.67. The Morgan fingerprint density at radius 2 is 1.59 bits per heavy atom. The average molecular weight is 299 g/mol. The van der Waals surface area contributed by atoms with Gasteiger partial charge in [0.1, 0.15) is 11.5 Å². The predicted molar refractivity (Wildman–Crippen MR) is 77.7 cm³/mol. The standard InChI is InChI=1S/C16H10FNO4/c17-11-7-3-1-5-9(11)13-10-6-2-4-8-12(10)18(16(21)22)14(13)15(19)20/h1-8H,(H,19,20)(H,21,22). The highest BCUT2D eigenvalue weighted by atomic mass is 19.1. The Bertz CT molecular complexity index is 914. The maximum absolute atomic E-state index is 14.1. The van der Waals surface area contributed by atoms with Gasteiger partial charge in [-0.3, -0.25) is 0 Å². The number of hydrogen-bond donors (Lipinski definition) is 2. The molecule has 22 heavy (non-hydrogen) atoms. The van der Waals surface area contributed by atoms with Gasteiger partial charge >= 0.3 is 12.1 Å². The first-order chi connectivity index (χ1) is 10.5. The van der Waals surface area contributed by atoms with Crippen molar-refractivity contribution >= 4 is 23.0 Å². The first-order valence-corrected chi connectivity index (χ1v) is 6.37. The van der Waals surface area contributed by atoms with E-state index in [9.17, 15) is 24.2 Å². The van der Waals surface area contributed by atoms with E-state index in [4.69, 9.17) is 0 Å². The molecule has 0 fully saturated rings. The largest absolute Gasteiger partial charge is 0.477 e. The maximum atomic E-state index is 14.1. The number of aromatic nitrogens is 1. The van der Waals surface area contributed by atoms with Gasteiger partial charge in [0, 0.05) is 16.5 Å². The molecular formula is C16H10FNO4. The third-order valence-electron chi connectivity index (χ3n) is 3.41. The molecule has 0 bridgehead atoms.